The number of pyridine rings is 1. The van der Waals surface area contributed by atoms with Crippen LogP contribution in [0.1, 0.15) is 5.56 Å². The molecule has 108 valence electrons. The number of fused-ring (bicyclic) bond motifs is 1. The second kappa shape index (κ2) is 7.22. The van der Waals surface area contributed by atoms with Crippen LogP contribution in [0.3, 0.4) is 0 Å². The van der Waals surface area contributed by atoms with Crippen LogP contribution in [-0.4, -0.2) is 37.7 Å². The Balaban J connectivity index is 2.06. The molecule has 2 rings (SSSR count). The van der Waals surface area contributed by atoms with Gasteiger partial charge >= 0.3 is 0 Å². The summed E-state index contributed by atoms with van der Waals surface area (Å²) in [6.07, 6.45) is 0. The van der Waals surface area contributed by atoms with E-state index in [0.29, 0.717) is 24.5 Å². The van der Waals surface area contributed by atoms with Crippen LogP contribution in [-0.2, 0) is 9.53 Å². The molecule has 0 unspecified atom stereocenters. The average Bonchev–Trinajstić information content (AvgIpc) is 2.52. The predicted molar refractivity (Wildman–Crippen MR) is 79.8 cm³/mol. The topological polar surface area (TPSA) is 87.0 Å². The summed E-state index contributed by atoms with van der Waals surface area (Å²) in [6.45, 7) is 1.03. The van der Waals surface area contributed by atoms with Crippen molar-refractivity contribution in [3.05, 3.63) is 35.9 Å². The highest BCUT2D eigenvalue weighted by Crippen LogP contribution is 2.19. The van der Waals surface area contributed by atoms with Crippen molar-refractivity contribution in [1.82, 2.24) is 10.3 Å². The first-order valence-corrected chi connectivity index (χ1v) is 6.54. The Bertz CT molecular complexity index is 679. The lowest BCUT2D eigenvalue weighted by Crippen LogP contribution is -2.32. The summed E-state index contributed by atoms with van der Waals surface area (Å²) >= 11 is 0. The van der Waals surface area contributed by atoms with Gasteiger partial charge in [0.25, 0.3) is 0 Å². The smallest absolute Gasteiger partial charge is 0.239 e. The number of para-hydroxylation sites is 1. The molecule has 0 atom stereocenters. The lowest BCUT2D eigenvalue weighted by molar-refractivity contribution is -0.119. The number of carbonyl (C=O) groups excluding carboxylic acids is 1. The molecule has 0 saturated carbocycles. The van der Waals surface area contributed by atoms with Crippen LogP contribution < -0.4 is 10.6 Å². The van der Waals surface area contributed by atoms with E-state index in [0.717, 1.165) is 10.9 Å². The minimum absolute atomic E-state index is 0.0971. The average molecular weight is 284 g/mol. The molecule has 2 aromatic rings. The number of hydrogen-bond acceptors (Lipinski definition) is 5. The molecular formula is C15H16N4O2. The van der Waals surface area contributed by atoms with E-state index in [1.54, 1.807) is 13.2 Å². The van der Waals surface area contributed by atoms with Gasteiger partial charge < -0.3 is 15.4 Å². The van der Waals surface area contributed by atoms with Crippen LogP contribution in [0.15, 0.2) is 30.3 Å². The molecule has 0 saturated heterocycles. The van der Waals surface area contributed by atoms with Crippen LogP contribution in [0.5, 0.6) is 0 Å². The van der Waals surface area contributed by atoms with Gasteiger partial charge in [-0.25, -0.2) is 4.98 Å². The monoisotopic (exact) mass is 284 g/mol. The van der Waals surface area contributed by atoms with E-state index < -0.39 is 0 Å². The van der Waals surface area contributed by atoms with Gasteiger partial charge in [-0.1, -0.05) is 18.2 Å². The quantitative estimate of drug-likeness (QED) is 0.780. The normalized spacial score (nSPS) is 10.1. The Kier molecular flexibility index (Phi) is 5.07. The summed E-state index contributed by atoms with van der Waals surface area (Å²) in [5.74, 6) is 0.354. The number of methoxy groups -OCH3 is 1. The van der Waals surface area contributed by atoms with Crippen LogP contribution in [0.2, 0.25) is 0 Å². The maximum absolute atomic E-state index is 11.6. The van der Waals surface area contributed by atoms with Gasteiger partial charge in [0, 0.05) is 19.0 Å². The highest BCUT2D eigenvalue weighted by molar-refractivity contribution is 5.87. The minimum atomic E-state index is -0.152. The van der Waals surface area contributed by atoms with Gasteiger partial charge in [0.05, 0.1) is 30.3 Å². The van der Waals surface area contributed by atoms with Crippen molar-refractivity contribution in [3.63, 3.8) is 0 Å². The highest BCUT2D eigenvalue weighted by atomic mass is 16.5. The van der Waals surface area contributed by atoms with Crippen molar-refractivity contribution in [1.29, 1.82) is 5.26 Å². The molecule has 0 fully saturated rings. The molecule has 0 aliphatic carbocycles. The van der Waals surface area contributed by atoms with Crippen LogP contribution in [0.4, 0.5) is 5.82 Å². The van der Waals surface area contributed by atoms with Gasteiger partial charge in [-0.15, -0.1) is 0 Å². The Hall–Kier alpha value is -2.65. The van der Waals surface area contributed by atoms with E-state index in [1.165, 1.54) is 0 Å². The number of nitrogens with zero attached hydrogens (tertiary/aromatic N) is 2. The van der Waals surface area contributed by atoms with Crippen molar-refractivity contribution in [2.45, 2.75) is 0 Å². The first-order valence-electron chi connectivity index (χ1n) is 6.54. The number of hydrogen-bond donors (Lipinski definition) is 2. The number of amides is 1. The number of anilines is 1. The van der Waals surface area contributed by atoms with Gasteiger partial charge in [-0.3, -0.25) is 4.79 Å². The predicted octanol–water partition coefficient (Wildman–Crippen LogP) is 1.28. The van der Waals surface area contributed by atoms with E-state index in [9.17, 15) is 10.1 Å². The van der Waals surface area contributed by atoms with Crippen LogP contribution in [0, 0.1) is 11.3 Å². The number of benzene rings is 1. The summed E-state index contributed by atoms with van der Waals surface area (Å²) in [5, 5.41) is 15.6. The standard InChI is InChI=1S/C15H16N4O2/c1-21-7-6-17-15(20)10-18-14-8-11(9-16)12-4-2-3-5-13(12)19-14/h2-5,8H,6-7,10H2,1H3,(H,17,20)(H,18,19). The van der Waals surface area contributed by atoms with E-state index in [1.807, 2.05) is 24.3 Å². The zero-order chi connectivity index (χ0) is 15.1. The first kappa shape index (κ1) is 14.8. The molecule has 0 radical (unpaired) electrons. The van der Waals surface area contributed by atoms with Crippen molar-refractivity contribution >= 4 is 22.6 Å². The number of rotatable bonds is 6. The molecule has 6 heteroatoms. The molecule has 21 heavy (non-hydrogen) atoms. The summed E-state index contributed by atoms with van der Waals surface area (Å²) in [6, 6.07) is 11.2. The number of nitriles is 1. The molecule has 1 aromatic heterocycles. The largest absolute Gasteiger partial charge is 0.383 e. The van der Waals surface area contributed by atoms with Gasteiger partial charge in [0.15, 0.2) is 0 Å². The third-order valence-corrected chi connectivity index (χ3v) is 2.90. The molecule has 0 bridgehead atoms. The van der Waals surface area contributed by atoms with Crippen molar-refractivity contribution in [3.8, 4) is 6.07 Å². The van der Waals surface area contributed by atoms with Gasteiger partial charge in [-0.05, 0) is 12.1 Å². The second-order valence-corrected chi connectivity index (χ2v) is 4.38. The number of carbonyl (C=O) groups is 1. The molecular weight excluding hydrogens is 268 g/mol. The van der Waals surface area contributed by atoms with E-state index >= 15 is 0 Å². The first-order chi connectivity index (χ1) is 10.2. The fourth-order valence-electron chi connectivity index (χ4n) is 1.88. The zero-order valence-corrected chi connectivity index (χ0v) is 11.7. The molecule has 1 heterocycles. The second-order valence-electron chi connectivity index (χ2n) is 4.38. The summed E-state index contributed by atoms with van der Waals surface area (Å²) in [4.78, 5) is 16.0. The van der Waals surface area contributed by atoms with Crippen molar-refractivity contribution in [2.75, 3.05) is 32.1 Å². The Morgan fingerprint density at radius 3 is 3.00 bits per heavy atom. The summed E-state index contributed by atoms with van der Waals surface area (Å²) < 4.78 is 4.85. The third kappa shape index (κ3) is 3.91. The Morgan fingerprint density at radius 1 is 1.43 bits per heavy atom. The molecule has 0 aliphatic rings. The van der Waals surface area contributed by atoms with Gasteiger partial charge in [-0.2, -0.15) is 5.26 Å². The van der Waals surface area contributed by atoms with E-state index in [4.69, 9.17) is 4.74 Å². The third-order valence-electron chi connectivity index (χ3n) is 2.90. The molecule has 1 amide bonds. The molecule has 2 N–H and O–H groups in total. The van der Waals surface area contributed by atoms with Gasteiger partial charge in [0.1, 0.15) is 5.82 Å². The molecule has 6 nitrogen and oxygen atoms in total. The van der Waals surface area contributed by atoms with Gasteiger partial charge in [0.2, 0.25) is 5.91 Å². The molecule has 0 spiro atoms. The minimum Gasteiger partial charge on any atom is -0.383 e. The summed E-state index contributed by atoms with van der Waals surface area (Å²) in [5.41, 5.74) is 1.25. The zero-order valence-electron chi connectivity index (χ0n) is 11.7. The fourth-order valence-corrected chi connectivity index (χ4v) is 1.88. The number of aromatic nitrogens is 1. The maximum Gasteiger partial charge on any atom is 0.239 e. The fraction of sp³-hybridized carbons (Fsp3) is 0.267. The van der Waals surface area contributed by atoms with Crippen molar-refractivity contribution in [2.24, 2.45) is 0 Å². The SMILES string of the molecule is COCCNC(=O)CNc1cc(C#N)c2ccccc2n1. The number of nitrogens with one attached hydrogen (secondary N) is 2. The van der Waals surface area contributed by atoms with Crippen LogP contribution in [0.25, 0.3) is 10.9 Å². The maximum atomic E-state index is 11.6. The van der Waals surface area contributed by atoms with E-state index in [2.05, 4.69) is 21.7 Å². The summed E-state index contributed by atoms with van der Waals surface area (Å²) in [7, 11) is 1.58. The van der Waals surface area contributed by atoms with Crippen molar-refractivity contribution < 1.29 is 9.53 Å². The molecule has 0 aliphatic heterocycles. The Morgan fingerprint density at radius 2 is 2.24 bits per heavy atom. The van der Waals surface area contributed by atoms with E-state index in [-0.39, 0.29) is 12.5 Å². The lowest BCUT2D eigenvalue weighted by atomic mass is 10.1. The Labute approximate surface area is 122 Å². The molecule has 1 aromatic carbocycles. The highest BCUT2D eigenvalue weighted by Gasteiger charge is 2.06. The number of ether oxygens (including phenoxy) is 1. The lowest BCUT2D eigenvalue weighted by Gasteiger charge is -2.08. The van der Waals surface area contributed by atoms with Crippen LogP contribution >= 0.6 is 0 Å².